The first-order valence-corrected chi connectivity index (χ1v) is 7.33. The van der Waals surface area contributed by atoms with Crippen LogP contribution in [0.4, 0.5) is 0 Å². The Bertz CT molecular complexity index is 527. The second-order valence-corrected chi connectivity index (χ2v) is 5.62. The summed E-state index contributed by atoms with van der Waals surface area (Å²) in [5, 5.41) is 8.79. The van der Waals surface area contributed by atoms with E-state index in [1.807, 2.05) is 18.7 Å². The van der Waals surface area contributed by atoms with Gasteiger partial charge in [0.2, 0.25) is 0 Å². The van der Waals surface area contributed by atoms with E-state index in [-0.39, 0.29) is 18.6 Å². The fourth-order valence-corrected chi connectivity index (χ4v) is 1.95. The third kappa shape index (κ3) is 5.20. The zero-order valence-corrected chi connectivity index (χ0v) is 13.3. The Morgan fingerprint density at radius 2 is 2.10 bits per heavy atom. The minimum Gasteiger partial charge on any atom is -0.395 e. The van der Waals surface area contributed by atoms with Crippen LogP contribution in [-0.4, -0.2) is 40.1 Å². The molecule has 0 spiro atoms. The van der Waals surface area contributed by atoms with Gasteiger partial charge in [-0.3, -0.25) is 4.79 Å². The molecule has 0 aliphatic rings. The van der Waals surface area contributed by atoms with Crippen molar-refractivity contribution in [3.8, 4) is 11.8 Å². The fourth-order valence-electron chi connectivity index (χ4n) is 1.95. The van der Waals surface area contributed by atoms with Crippen molar-refractivity contribution in [3.63, 3.8) is 0 Å². The molecule has 0 fully saturated rings. The summed E-state index contributed by atoms with van der Waals surface area (Å²) < 4.78 is 0. The minimum atomic E-state index is -0.0902. The lowest BCUT2D eigenvalue weighted by molar-refractivity contribution is 0.0675. The number of pyridine rings is 1. The average molecular weight is 288 g/mol. The Kier molecular flexibility index (Phi) is 6.90. The molecular weight excluding hydrogens is 264 g/mol. The van der Waals surface area contributed by atoms with E-state index in [1.165, 1.54) is 0 Å². The van der Waals surface area contributed by atoms with Crippen molar-refractivity contribution in [2.45, 2.75) is 40.2 Å². The van der Waals surface area contributed by atoms with E-state index in [1.54, 1.807) is 18.3 Å². The highest BCUT2D eigenvalue weighted by Crippen LogP contribution is 2.12. The highest BCUT2D eigenvalue weighted by molar-refractivity contribution is 5.95. The van der Waals surface area contributed by atoms with Crippen molar-refractivity contribution in [1.29, 1.82) is 0 Å². The Labute approximate surface area is 127 Å². The fraction of sp³-hybridized carbons (Fsp3) is 0.529. The number of nitrogens with zero attached hydrogens (tertiary/aromatic N) is 2. The number of carbonyl (C=O) groups excluding carboxylic acids is 1. The van der Waals surface area contributed by atoms with Crippen molar-refractivity contribution in [2.75, 3.05) is 13.2 Å². The average Bonchev–Trinajstić information content (AvgIpc) is 2.44. The van der Waals surface area contributed by atoms with Gasteiger partial charge in [0.05, 0.1) is 12.2 Å². The van der Waals surface area contributed by atoms with Gasteiger partial charge in [0.15, 0.2) is 0 Å². The van der Waals surface area contributed by atoms with Crippen molar-refractivity contribution in [3.05, 3.63) is 29.6 Å². The molecule has 114 valence electrons. The van der Waals surface area contributed by atoms with Gasteiger partial charge in [0.25, 0.3) is 5.91 Å². The third-order valence-corrected chi connectivity index (χ3v) is 2.92. The lowest BCUT2D eigenvalue weighted by atomic mass is 10.1. The smallest absolute Gasteiger partial charge is 0.273 e. The monoisotopic (exact) mass is 288 g/mol. The number of hydrogen-bond donors (Lipinski definition) is 1. The van der Waals surface area contributed by atoms with Crippen LogP contribution in [0.25, 0.3) is 0 Å². The number of aromatic nitrogens is 1. The summed E-state index contributed by atoms with van der Waals surface area (Å²) in [5.41, 5.74) is 1.00. The first-order valence-electron chi connectivity index (χ1n) is 7.33. The van der Waals surface area contributed by atoms with E-state index >= 15 is 0 Å². The van der Waals surface area contributed by atoms with Gasteiger partial charge >= 0.3 is 0 Å². The van der Waals surface area contributed by atoms with Crippen molar-refractivity contribution >= 4 is 5.91 Å². The Morgan fingerprint density at radius 3 is 2.67 bits per heavy atom. The number of amides is 1. The van der Waals surface area contributed by atoms with Crippen LogP contribution in [-0.2, 0) is 0 Å². The number of aliphatic hydroxyl groups excluding tert-OH is 1. The van der Waals surface area contributed by atoms with Crippen LogP contribution in [0.1, 0.15) is 50.2 Å². The molecule has 0 saturated carbocycles. The zero-order valence-electron chi connectivity index (χ0n) is 13.3. The summed E-state index contributed by atoms with van der Waals surface area (Å²) in [6.45, 7) is 8.88. The highest BCUT2D eigenvalue weighted by Gasteiger charge is 2.22. The van der Waals surface area contributed by atoms with E-state index in [0.29, 0.717) is 30.1 Å². The Balaban J connectivity index is 3.08. The van der Waals surface area contributed by atoms with Gasteiger partial charge in [0.1, 0.15) is 5.69 Å². The Hall–Kier alpha value is -1.86. The standard InChI is InChI=1S/C17H24N2O2/c1-13(2)12-19(14(3)4)17(21)16-15(8-5-6-11-20)9-7-10-18-16/h7,9-10,13-14,20H,6,11-12H2,1-4H3. The van der Waals surface area contributed by atoms with E-state index in [4.69, 9.17) is 5.11 Å². The molecule has 0 unspecified atom stereocenters. The number of carbonyl (C=O) groups is 1. The first-order chi connectivity index (χ1) is 9.97. The molecule has 1 amide bonds. The summed E-state index contributed by atoms with van der Waals surface area (Å²) in [7, 11) is 0. The molecule has 1 heterocycles. The molecule has 1 rings (SSSR count). The van der Waals surface area contributed by atoms with E-state index in [0.717, 1.165) is 0 Å². The van der Waals surface area contributed by atoms with E-state index in [2.05, 4.69) is 30.7 Å². The van der Waals surface area contributed by atoms with Gasteiger partial charge in [-0.2, -0.15) is 0 Å². The molecule has 0 bridgehead atoms. The molecule has 4 nitrogen and oxygen atoms in total. The molecule has 21 heavy (non-hydrogen) atoms. The zero-order chi connectivity index (χ0) is 15.8. The lowest BCUT2D eigenvalue weighted by Gasteiger charge is -2.28. The maximum absolute atomic E-state index is 12.7. The maximum atomic E-state index is 12.7. The molecular formula is C17H24N2O2. The van der Waals surface area contributed by atoms with Crippen LogP contribution in [0.15, 0.2) is 18.3 Å². The van der Waals surface area contributed by atoms with Crippen molar-refractivity contribution in [1.82, 2.24) is 9.88 Å². The molecule has 1 aromatic rings. The maximum Gasteiger partial charge on any atom is 0.273 e. The van der Waals surface area contributed by atoms with Gasteiger partial charge in [-0.25, -0.2) is 4.98 Å². The van der Waals surface area contributed by atoms with Crippen molar-refractivity contribution < 1.29 is 9.90 Å². The Morgan fingerprint density at radius 1 is 1.38 bits per heavy atom. The number of aliphatic hydroxyl groups is 1. The van der Waals surface area contributed by atoms with Crippen LogP contribution < -0.4 is 0 Å². The third-order valence-electron chi connectivity index (χ3n) is 2.92. The summed E-state index contributed by atoms with van der Waals surface area (Å²) in [4.78, 5) is 18.8. The summed E-state index contributed by atoms with van der Waals surface area (Å²) in [5.74, 6) is 6.07. The van der Waals surface area contributed by atoms with Gasteiger partial charge in [-0.1, -0.05) is 25.7 Å². The molecule has 1 N–H and O–H groups in total. The second-order valence-electron chi connectivity index (χ2n) is 5.62. The van der Waals surface area contributed by atoms with Gasteiger partial charge in [-0.05, 0) is 31.9 Å². The lowest BCUT2D eigenvalue weighted by Crippen LogP contribution is -2.40. The van der Waals surface area contributed by atoms with Gasteiger partial charge in [0, 0.05) is 25.2 Å². The molecule has 1 aromatic heterocycles. The number of rotatable bonds is 5. The summed E-state index contributed by atoms with van der Waals surface area (Å²) in [6, 6.07) is 3.67. The topological polar surface area (TPSA) is 53.4 Å². The predicted octanol–water partition coefficient (Wildman–Crippen LogP) is 2.32. The normalized spacial score (nSPS) is 10.4. The van der Waals surface area contributed by atoms with Crippen LogP contribution in [0.5, 0.6) is 0 Å². The van der Waals surface area contributed by atoms with E-state index < -0.39 is 0 Å². The minimum absolute atomic E-state index is 0.0159. The largest absolute Gasteiger partial charge is 0.395 e. The van der Waals surface area contributed by atoms with Gasteiger partial charge < -0.3 is 10.0 Å². The second kappa shape index (κ2) is 8.43. The molecule has 0 aliphatic carbocycles. The highest BCUT2D eigenvalue weighted by atomic mass is 16.2. The molecule has 0 atom stereocenters. The van der Waals surface area contributed by atoms with Crippen LogP contribution in [0.3, 0.4) is 0 Å². The molecule has 0 aromatic carbocycles. The molecule has 0 radical (unpaired) electrons. The van der Waals surface area contributed by atoms with Crippen LogP contribution in [0.2, 0.25) is 0 Å². The van der Waals surface area contributed by atoms with Crippen LogP contribution in [0, 0.1) is 17.8 Å². The van der Waals surface area contributed by atoms with Crippen molar-refractivity contribution in [2.24, 2.45) is 5.92 Å². The van der Waals surface area contributed by atoms with Gasteiger partial charge in [-0.15, -0.1) is 0 Å². The number of hydrogen-bond acceptors (Lipinski definition) is 3. The first kappa shape index (κ1) is 17.2. The summed E-state index contributed by atoms with van der Waals surface area (Å²) >= 11 is 0. The SMILES string of the molecule is CC(C)CN(C(=O)c1ncccc1C#CCCO)C(C)C. The quantitative estimate of drug-likeness (QED) is 0.846. The molecule has 4 heteroatoms. The van der Waals surface area contributed by atoms with Crippen LogP contribution >= 0.6 is 0 Å². The summed E-state index contributed by atoms with van der Waals surface area (Å²) in [6.07, 6.45) is 2.00. The van der Waals surface area contributed by atoms with E-state index in [9.17, 15) is 4.79 Å². The molecule has 0 aliphatic heterocycles. The predicted molar refractivity (Wildman–Crippen MR) is 83.8 cm³/mol. The molecule has 0 saturated heterocycles.